The van der Waals surface area contributed by atoms with E-state index in [1.54, 1.807) is 6.92 Å². The van der Waals surface area contributed by atoms with Crippen LogP contribution in [0.3, 0.4) is 0 Å². The summed E-state index contributed by atoms with van der Waals surface area (Å²) in [6.45, 7) is 2.37. The fraction of sp³-hybridized carbons (Fsp3) is 0.438. The lowest BCUT2D eigenvalue weighted by Gasteiger charge is -2.30. The van der Waals surface area contributed by atoms with Gasteiger partial charge >= 0.3 is 5.97 Å². The quantitative estimate of drug-likeness (QED) is 0.660. The van der Waals surface area contributed by atoms with E-state index in [1.165, 1.54) is 21.8 Å². The molecule has 152 valence electrons. The standard InChI is InChI=1S/C16H18ClN3O5S3/c1-2-25-15(22)11-9-26-16(18-11)19-14(21)10-4-3-7-20(8-10)28(23,24)13-6-5-12(17)27-13/h5-6,9-10H,2-4,7-8H2,1H3,(H,18,19,21)/t10-/m0/s1. The normalized spacial score (nSPS) is 18.0. The molecule has 0 spiro atoms. The summed E-state index contributed by atoms with van der Waals surface area (Å²) >= 11 is 7.96. The molecule has 1 saturated heterocycles. The number of anilines is 1. The third-order valence-corrected chi connectivity index (χ3v) is 8.44. The Morgan fingerprint density at radius 1 is 1.43 bits per heavy atom. The fourth-order valence-electron chi connectivity index (χ4n) is 2.78. The lowest BCUT2D eigenvalue weighted by Crippen LogP contribution is -2.43. The van der Waals surface area contributed by atoms with Crippen molar-refractivity contribution in [2.75, 3.05) is 25.0 Å². The van der Waals surface area contributed by atoms with Gasteiger partial charge in [0.1, 0.15) is 4.21 Å². The summed E-state index contributed by atoms with van der Waals surface area (Å²) in [5, 5.41) is 4.45. The smallest absolute Gasteiger partial charge is 0.357 e. The molecule has 28 heavy (non-hydrogen) atoms. The molecule has 1 amide bonds. The van der Waals surface area contributed by atoms with Gasteiger partial charge in [0, 0.05) is 18.5 Å². The Labute approximate surface area is 175 Å². The minimum absolute atomic E-state index is 0.0831. The van der Waals surface area contributed by atoms with Crippen LogP contribution in [-0.2, 0) is 19.6 Å². The van der Waals surface area contributed by atoms with Crippen LogP contribution >= 0.6 is 34.3 Å². The Morgan fingerprint density at radius 2 is 2.21 bits per heavy atom. The van der Waals surface area contributed by atoms with Gasteiger partial charge < -0.3 is 10.1 Å². The lowest BCUT2D eigenvalue weighted by molar-refractivity contribution is -0.120. The van der Waals surface area contributed by atoms with Crippen molar-refractivity contribution < 1.29 is 22.7 Å². The van der Waals surface area contributed by atoms with Crippen molar-refractivity contribution in [1.29, 1.82) is 0 Å². The van der Waals surface area contributed by atoms with Crippen molar-refractivity contribution >= 4 is 61.3 Å². The van der Waals surface area contributed by atoms with Crippen molar-refractivity contribution in [2.24, 2.45) is 5.92 Å². The summed E-state index contributed by atoms with van der Waals surface area (Å²) in [5.74, 6) is -1.38. The maximum Gasteiger partial charge on any atom is 0.357 e. The number of esters is 1. The number of sulfonamides is 1. The molecule has 3 heterocycles. The molecular formula is C16H18ClN3O5S3. The van der Waals surface area contributed by atoms with Gasteiger partial charge in [0.25, 0.3) is 10.0 Å². The van der Waals surface area contributed by atoms with Gasteiger partial charge in [-0.1, -0.05) is 11.6 Å². The van der Waals surface area contributed by atoms with Crippen LogP contribution in [0.2, 0.25) is 4.34 Å². The molecule has 3 rings (SSSR count). The lowest BCUT2D eigenvalue weighted by atomic mass is 9.99. The highest BCUT2D eigenvalue weighted by molar-refractivity contribution is 7.91. The summed E-state index contributed by atoms with van der Waals surface area (Å²) in [6.07, 6.45) is 1.14. The molecule has 0 unspecified atom stereocenters. The maximum absolute atomic E-state index is 12.8. The van der Waals surface area contributed by atoms with E-state index in [-0.39, 0.29) is 34.1 Å². The first-order chi connectivity index (χ1) is 13.3. The van der Waals surface area contributed by atoms with Gasteiger partial charge in [0.05, 0.1) is 16.9 Å². The summed E-state index contributed by atoms with van der Waals surface area (Å²) in [7, 11) is -3.68. The minimum atomic E-state index is -3.68. The van der Waals surface area contributed by atoms with Crippen LogP contribution in [0.1, 0.15) is 30.3 Å². The zero-order valence-corrected chi connectivity index (χ0v) is 18.1. The summed E-state index contributed by atoms with van der Waals surface area (Å²) in [5.41, 5.74) is 0.129. The Kier molecular flexibility index (Phi) is 6.71. The molecule has 1 fully saturated rings. The Morgan fingerprint density at radius 3 is 2.89 bits per heavy atom. The average molecular weight is 464 g/mol. The zero-order valence-electron chi connectivity index (χ0n) is 14.9. The summed E-state index contributed by atoms with van der Waals surface area (Å²) < 4.78 is 32.2. The maximum atomic E-state index is 12.8. The first kappa shape index (κ1) is 21.2. The SMILES string of the molecule is CCOC(=O)c1csc(NC(=O)[C@H]2CCCN(S(=O)(=O)c3ccc(Cl)s3)C2)n1. The van der Waals surface area contributed by atoms with Crippen LogP contribution in [0, 0.1) is 5.92 Å². The molecule has 1 atom stereocenters. The number of hydrogen-bond acceptors (Lipinski definition) is 8. The Bertz CT molecular complexity index is 972. The van der Waals surface area contributed by atoms with Crippen molar-refractivity contribution in [3.63, 3.8) is 0 Å². The van der Waals surface area contributed by atoms with Gasteiger partial charge in [-0.25, -0.2) is 18.2 Å². The number of aromatic nitrogens is 1. The number of hydrogen-bond donors (Lipinski definition) is 1. The van der Waals surface area contributed by atoms with Crippen molar-refractivity contribution in [3.8, 4) is 0 Å². The molecule has 0 bridgehead atoms. The second-order valence-electron chi connectivity index (χ2n) is 6.01. The predicted molar refractivity (Wildman–Crippen MR) is 108 cm³/mol. The number of thiophene rings is 1. The summed E-state index contributed by atoms with van der Waals surface area (Å²) in [4.78, 5) is 28.3. The first-order valence-electron chi connectivity index (χ1n) is 8.50. The highest BCUT2D eigenvalue weighted by Gasteiger charge is 2.34. The highest BCUT2D eigenvalue weighted by atomic mass is 35.5. The molecule has 12 heteroatoms. The molecule has 1 aliphatic heterocycles. The summed E-state index contributed by atoms with van der Waals surface area (Å²) in [6, 6.07) is 3.01. The van der Waals surface area contributed by atoms with Gasteiger partial charge in [0.15, 0.2) is 10.8 Å². The Balaban J connectivity index is 1.65. The van der Waals surface area contributed by atoms with Gasteiger partial charge in [-0.05, 0) is 31.9 Å². The van der Waals surface area contributed by atoms with Crippen molar-refractivity contribution in [1.82, 2.24) is 9.29 Å². The van der Waals surface area contributed by atoms with Gasteiger partial charge in [-0.2, -0.15) is 4.31 Å². The molecule has 0 radical (unpaired) electrons. The predicted octanol–water partition coefficient (Wildman–Crippen LogP) is 3.07. The zero-order chi connectivity index (χ0) is 20.3. The van der Waals surface area contributed by atoms with Crippen molar-refractivity contribution in [3.05, 3.63) is 27.5 Å². The van der Waals surface area contributed by atoms with E-state index in [2.05, 4.69) is 10.3 Å². The number of amides is 1. The van der Waals surface area contributed by atoms with E-state index >= 15 is 0 Å². The molecule has 0 saturated carbocycles. The molecule has 2 aromatic heterocycles. The van der Waals surface area contributed by atoms with Gasteiger partial charge in [-0.3, -0.25) is 4.79 Å². The third kappa shape index (κ3) is 4.71. The van der Waals surface area contributed by atoms with E-state index in [4.69, 9.17) is 16.3 Å². The Hall–Kier alpha value is -1.53. The molecule has 1 N–H and O–H groups in total. The van der Waals surface area contributed by atoms with Crippen LogP contribution in [-0.4, -0.2) is 49.3 Å². The first-order valence-corrected chi connectivity index (χ1v) is 12.0. The number of piperidine rings is 1. The molecule has 0 aromatic carbocycles. The second-order valence-corrected chi connectivity index (χ2v) is 10.7. The van der Waals surface area contributed by atoms with Crippen LogP contribution < -0.4 is 5.32 Å². The number of nitrogens with zero attached hydrogens (tertiary/aromatic N) is 2. The van der Waals surface area contributed by atoms with E-state index in [9.17, 15) is 18.0 Å². The molecule has 0 aliphatic carbocycles. The largest absolute Gasteiger partial charge is 0.461 e. The number of carbonyl (C=O) groups is 2. The van der Waals surface area contributed by atoms with Gasteiger partial charge in [-0.15, -0.1) is 22.7 Å². The van der Waals surface area contributed by atoms with E-state index in [0.717, 1.165) is 22.7 Å². The van der Waals surface area contributed by atoms with E-state index < -0.39 is 21.9 Å². The number of rotatable bonds is 6. The second kappa shape index (κ2) is 8.87. The van der Waals surface area contributed by atoms with Crippen LogP contribution in [0.5, 0.6) is 0 Å². The molecule has 1 aliphatic rings. The number of nitrogens with one attached hydrogen (secondary N) is 1. The number of halogens is 1. The van der Waals surface area contributed by atoms with Crippen LogP contribution in [0.25, 0.3) is 0 Å². The number of carbonyl (C=O) groups excluding carboxylic acids is 2. The van der Waals surface area contributed by atoms with E-state index in [1.807, 2.05) is 0 Å². The molecular weight excluding hydrogens is 446 g/mol. The number of ether oxygens (including phenoxy) is 1. The molecule has 8 nitrogen and oxygen atoms in total. The van der Waals surface area contributed by atoms with Gasteiger partial charge in [0.2, 0.25) is 5.91 Å². The highest BCUT2D eigenvalue weighted by Crippen LogP contribution is 2.31. The monoisotopic (exact) mass is 463 g/mol. The fourth-order valence-corrected chi connectivity index (χ4v) is 6.62. The van der Waals surface area contributed by atoms with Crippen LogP contribution in [0.4, 0.5) is 5.13 Å². The minimum Gasteiger partial charge on any atom is -0.461 e. The molecule has 2 aromatic rings. The average Bonchev–Trinajstić information content (AvgIpc) is 3.31. The number of thiazole rings is 1. The van der Waals surface area contributed by atoms with E-state index in [0.29, 0.717) is 23.7 Å². The topological polar surface area (TPSA) is 106 Å². The third-order valence-electron chi connectivity index (χ3n) is 4.12. The van der Waals surface area contributed by atoms with Crippen molar-refractivity contribution in [2.45, 2.75) is 24.0 Å². The van der Waals surface area contributed by atoms with Crippen LogP contribution in [0.15, 0.2) is 21.7 Å².